The minimum absolute atomic E-state index is 0.000912. The fourth-order valence-corrected chi connectivity index (χ4v) is 4.06. The lowest BCUT2D eigenvalue weighted by atomic mass is 9.83. The first-order valence-corrected chi connectivity index (χ1v) is 11.3. The number of hydrogen-bond donors (Lipinski definition) is 0. The number of likely N-dealkylation sites (N-methyl/N-ethyl adjacent to an activating group) is 1. The van der Waals surface area contributed by atoms with Gasteiger partial charge in [0.15, 0.2) is 0 Å². The van der Waals surface area contributed by atoms with E-state index in [1.165, 1.54) is 0 Å². The molecule has 3 rings (SSSR count). The molecular formula is C25H33N3O4. The highest BCUT2D eigenvalue weighted by atomic mass is 16.6. The Balaban J connectivity index is 1.52. The molecule has 7 nitrogen and oxygen atoms in total. The summed E-state index contributed by atoms with van der Waals surface area (Å²) in [5.41, 5.74) is 3.13. The van der Waals surface area contributed by atoms with Gasteiger partial charge in [0, 0.05) is 50.8 Å². The second kappa shape index (κ2) is 11.0. The first-order valence-electron chi connectivity index (χ1n) is 11.3. The number of aromatic nitrogens is 1. The molecule has 1 aliphatic heterocycles. The Kier molecular flexibility index (Phi) is 8.09. The lowest BCUT2D eigenvalue weighted by Crippen LogP contribution is -2.33. The number of carbonyl (C=O) groups is 2. The lowest BCUT2D eigenvalue weighted by Gasteiger charge is -2.31. The van der Waals surface area contributed by atoms with E-state index < -0.39 is 6.09 Å². The molecule has 0 fully saturated rings. The van der Waals surface area contributed by atoms with Crippen molar-refractivity contribution in [2.24, 2.45) is 5.92 Å². The van der Waals surface area contributed by atoms with Gasteiger partial charge in [-0.3, -0.25) is 9.78 Å². The molecule has 172 valence electrons. The van der Waals surface area contributed by atoms with Crippen LogP contribution in [-0.2, 0) is 16.0 Å². The van der Waals surface area contributed by atoms with Gasteiger partial charge in [0.2, 0.25) is 0 Å². The van der Waals surface area contributed by atoms with E-state index in [0.717, 1.165) is 29.9 Å². The third-order valence-corrected chi connectivity index (χ3v) is 6.16. The number of esters is 1. The molecule has 1 aromatic heterocycles. The van der Waals surface area contributed by atoms with Crippen LogP contribution in [0.3, 0.4) is 0 Å². The number of ether oxygens (including phenoxy) is 2. The normalized spacial score (nSPS) is 17.3. The number of hydrogen-bond acceptors (Lipinski definition) is 6. The average Bonchev–Trinajstić information content (AvgIpc) is 2.80. The van der Waals surface area contributed by atoms with Crippen molar-refractivity contribution in [1.29, 1.82) is 0 Å². The molecule has 2 unspecified atom stereocenters. The molecule has 2 aromatic rings. The van der Waals surface area contributed by atoms with E-state index in [-0.39, 0.29) is 24.4 Å². The summed E-state index contributed by atoms with van der Waals surface area (Å²) in [5.74, 6) is 0.0345. The van der Waals surface area contributed by atoms with Gasteiger partial charge in [0.1, 0.15) is 5.75 Å². The maximum atomic E-state index is 12.7. The summed E-state index contributed by atoms with van der Waals surface area (Å²) in [5, 5.41) is 0. The molecule has 7 heteroatoms. The maximum absolute atomic E-state index is 12.7. The molecule has 0 saturated heterocycles. The molecule has 0 spiro atoms. The molecule has 0 aliphatic carbocycles. The largest absolute Gasteiger partial charge is 0.449 e. The maximum Gasteiger partial charge on any atom is 0.409 e. The second-order valence-electron chi connectivity index (χ2n) is 8.15. The van der Waals surface area contributed by atoms with Crippen LogP contribution in [0.5, 0.6) is 5.75 Å². The number of nitrogens with zero attached hydrogens (tertiary/aromatic N) is 3. The summed E-state index contributed by atoms with van der Waals surface area (Å²) < 4.78 is 11.1. The minimum atomic E-state index is -0.394. The number of anilines is 1. The van der Waals surface area contributed by atoms with E-state index in [1.54, 1.807) is 24.3 Å². The quantitative estimate of drug-likeness (QED) is 0.429. The van der Waals surface area contributed by atoms with Gasteiger partial charge in [-0.1, -0.05) is 19.1 Å². The average molecular weight is 440 g/mol. The van der Waals surface area contributed by atoms with Crippen molar-refractivity contribution in [3.8, 4) is 5.75 Å². The predicted molar refractivity (Wildman–Crippen MR) is 124 cm³/mol. The van der Waals surface area contributed by atoms with Gasteiger partial charge in [0.25, 0.3) is 0 Å². The minimum Gasteiger partial charge on any atom is -0.449 e. The molecule has 2 heterocycles. The molecule has 32 heavy (non-hydrogen) atoms. The molecule has 1 aliphatic rings. The van der Waals surface area contributed by atoms with E-state index in [0.29, 0.717) is 25.1 Å². The van der Waals surface area contributed by atoms with Crippen molar-refractivity contribution < 1.29 is 19.1 Å². The molecule has 1 aromatic carbocycles. The van der Waals surface area contributed by atoms with E-state index >= 15 is 0 Å². The van der Waals surface area contributed by atoms with Crippen LogP contribution in [0.1, 0.15) is 44.2 Å². The zero-order valence-corrected chi connectivity index (χ0v) is 19.4. The van der Waals surface area contributed by atoms with Crippen LogP contribution < -0.4 is 9.64 Å². The van der Waals surface area contributed by atoms with Crippen LogP contribution in [0.2, 0.25) is 0 Å². The monoisotopic (exact) mass is 439 g/mol. The van der Waals surface area contributed by atoms with Crippen molar-refractivity contribution in [2.45, 2.75) is 39.5 Å². The van der Waals surface area contributed by atoms with Crippen LogP contribution in [0.4, 0.5) is 10.5 Å². The summed E-state index contributed by atoms with van der Waals surface area (Å²) in [7, 11) is 1.71. The van der Waals surface area contributed by atoms with Crippen LogP contribution in [0.15, 0.2) is 42.7 Å². The Labute approximate surface area is 190 Å². The van der Waals surface area contributed by atoms with Crippen molar-refractivity contribution in [1.82, 2.24) is 9.88 Å². The van der Waals surface area contributed by atoms with Gasteiger partial charge >= 0.3 is 12.1 Å². The second-order valence-corrected chi connectivity index (χ2v) is 8.15. The van der Waals surface area contributed by atoms with E-state index in [2.05, 4.69) is 29.8 Å². The number of amides is 1. The number of carbonyl (C=O) groups excluding carboxylic acids is 2. The van der Waals surface area contributed by atoms with Crippen molar-refractivity contribution >= 4 is 17.7 Å². The topological polar surface area (TPSA) is 72.0 Å². The number of rotatable bonds is 9. The predicted octanol–water partition coefficient (Wildman–Crippen LogP) is 4.27. The molecule has 0 N–H and O–H groups in total. The van der Waals surface area contributed by atoms with Crippen LogP contribution in [-0.4, -0.2) is 55.2 Å². The lowest BCUT2D eigenvalue weighted by molar-refractivity contribution is -0.141. The van der Waals surface area contributed by atoms with Gasteiger partial charge in [0.05, 0.1) is 12.5 Å². The Morgan fingerprint density at radius 2 is 2.00 bits per heavy atom. The highest BCUT2D eigenvalue weighted by molar-refractivity contribution is 5.80. The first-order chi connectivity index (χ1) is 15.4. The summed E-state index contributed by atoms with van der Waals surface area (Å²) in [6, 6.07) is 9.93. The fourth-order valence-electron chi connectivity index (χ4n) is 4.06. The fraction of sp³-hybridized carbons (Fsp3) is 0.480. The molecule has 0 radical (unpaired) electrons. The Bertz CT molecular complexity index is 915. The SMILES string of the molecule is CCN(CC)c1ccc2c(c1)OC(=O)C(CCOC(=O)N(C)CCc1cccnc1)C2C. The zero-order chi connectivity index (χ0) is 23.1. The number of benzene rings is 1. The summed E-state index contributed by atoms with van der Waals surface area (Å²) in [6.45, 7) is 8.73. The summed E-state index contributed by atoms with van der Waals surface area (Å²) in [4.78, 5) is 32.8. The zero-order valence-electron chi connectivity index (χ0n) is 19.4. The van der Waals surface area contributed by atoms with E-state index in [4.69, 9.17) is 9.47 Å². The smallest absolute Gasteiger partial charge is 0.409 e. The number of pyridine rings is 1. The highest BCUT2D eigenvalue weighted by Gasteiger charge is 2.35. The van der Waals surface area contributed by atoms with E-state index in [1.807, 2.05) is 31.2 Å². The third kappa shape index (κ3) is 5.58. The Morgan fingerprint density at radius 1 is 1.22 bits per heavy atom. The Morgan fingerprint density at radius 3 is 2.69 bits per heavy atom. The molecule has 0 saturated carbocycles. The van der Waals surface area contributed by atoms with Crippen LogP contribution in [0, 0.1) is 5.92 Å². The van der Waals surface area contributed by atoms with Gasteiger partial charge in [-0.25, -0.2) is 4.79 Å². The summed E-state index contributed by atoms with van der Waals surface area (Å²) in [6.07, 6.45) is 4.26. The van der Waals surface area contributed by atoms with Gasteiger partial charge < -0.3 is 19.3 Å². The molecule has 1 amide bonds. The van der Waals surface area contributed by atoms with Gasteiger partial charge in [-0.05, 0) is 55.9 Å². The van der Waals surface area contributed by atoms with E-state index in [9.17, 15) is 9.59 Å². The van der Waals surface area contributed by atoms with Crippen molar-refractivity contribution in [2.75, 3.05) is 38.2 Å². The third-order valence-electron chi connectivity index (χ3n) is 6.16. The molecular weight excluding hydrogens is 406 g/mol. The standard InChI is InChI=1S/C25H33N3O4/c1-5-28(6-2)20-9-10-21-18(3)22(24(29)32-23(21)16-20)12-15-31-25(30)27(4)14-11-19-8-7-13-26-17-19/h7-10,13,16-18,22H,5-6,11-12,14-15H2,1-4H3. The van der Waals surface area contributed by atoms with Crippen LogP contribution >= 0.6 is 0 Å². The van der Waals surface area contributed by atoms with Crippen LogP contribution in [0.25, 0.3) is 0 Å². The summed E-state index contributed by atoms with van der Waals surface area (Å²) >= 11 is 0. The van der Waals surface area contributed by atoms with Crippen molar-refractivity contribution in [3.63, 3.8) is 0 Å². The van der Waals surface area contributed by atoms with Gasteiger partial charge in [-0.15, -0.1) is 0 Å². The Hall–Kier alpha value is -3.09. The first kappa shape index (κ1) is 23.6. The van der Waals surface area contributed by atoms with Crippen molar-refractivity contribution in [3.05, 3.63) is 53.9 Å². The highest BCUT2D eigenvalue weighted by Crippen LogP contribution is 2.40. The molecule has 0 bridgehead atoms. The molecule has 2 atom stereocenters. The van der Waals surface area contributed by atoms with Gasteiger partial charge in [-0.2, -0.15) is 0 Å². The number of fused-ring (bicyclic) bond motifs is 1.